The molecule has 96 valence electrons. The summed E-state index contributed by atoms with van der Waals surface area (Å²) >= 11 is 0. The molecule has 0 spiro atoms. The molecule has 0 radical (unpaired) electrons. The molecule has 1 saturated heterocycles. The van der Waals surface area contributed by atoms with Crippen LogP contribution in [0.25, 0.3) is 0 Å². The number of aldehydes is 1. The molecule has 2 atom stereocenters. The van der Waals surface area contributed by atoms with Gasteiger partial charge in [-0.05, 0) is 19.9 Å². The van der Waals surface area contributed by atoms with Crippen molar-refractivity contribution in [1.29, 1.82) is 0 Å². The number of rotatable bonds is 5. The zero-order chi connectivity index (χ0) is 13.7. The van der Waals surface area contributed by atoms with Gasteiger partial charge < -0.3 is 4.74 Å². The smallest absolute Gasteiger partial charge is 0.334 e. The number of hydrogen-bond acceptors (Lipinski definition) is 3. The van der Waals surface area contributed by atoms with Gasteiger partial charge in [0.05, 0.1) is 0 Å². The Morgan fingerprint density at radius 3 is 2.67 bits per heavy atom. The van der Waals surface area contributed by atoms with Crippen LogP contribution in [0.1, 0.15) is 20.3 Å². The summed E-state index contributed by atoms with van der Waals surface area (Å²) in [7, 11) is 0. The van der Waals surface area contributed by atoms with Crippen molar-refractivity contribution in [2.75, 3.05) is 0 Å². The van der Waals surface area contributed by atoms with Gasteiger partial charge in [0.2, 0.25) is 0 Å². The van der Waals surface area contributed by atoms with Crippen LogP contribution in [-0.2, 0) is 14.3 Å². The van der Waals surface area contributed by atoms with Gasteiger partial charge in [0.15, 0.2) is 0 Å². The van der Waals surface area contributed by atoms with Gasteiger partial charge in [-0.1, -0.05) is 36.5 Å². The number of ether oxygens (including phenoxy) is 1. The van der Waals surface area contributed by atoms with E-state index in [-0.39, 0.29) is 18.0 Å². The zero-order valence-electron chi connectivity index (χ0n) is 10.8. The van der Waals surface area contributed by atoms with E-state index in [0.717, 1.165) is 17.4 Å². The first kappa shape index (κ1) is 14.2. The molecular formula is C15H18O3. The summed E-state index contributed by atoms with van der Waals surface area (Å²) in [6.07, 6.45) is 6.21. The van der Waals surface area contributed by atoms with Crippen molar-refractivity contribution in [3.63, 3.8) is 0 Å². The molecule has 0 aromatic carbocycles. The predicted molar refractivity (Wildman–Crippen MR) is 70.9 cm³/mol. The lowest BCUT2D eigenvalue weighted by atomic mass is 9.92. The Morgan fingerprint density at radius 1 is 1.44 bits per heavy atom. The summed E-state index contributed by atoms with van der Waals surface area (Å²) in [6, 6.07) is 0. The summed E-state index contributed by atoms with van der Waals surface area (Å²) < 4.78 is 5.26. The average molecular weight is 246 g/mol. The average Bonchev–Trinajstić information content (AvgIpc) is 2.52. The van der Waals surface area contributed by atoms with Crippen molar-refractivity contribution in [3.8, 4) is 0 Å². The van der Waals surface area contributed by atoms with Gasteiger partial charge in [-0.15, -0.1) is 0 Å². The molecule has 0 aromatic rings. The van der Waals surface area contributed by atoms with E-state index in [9.17, 15) is 9.59 Å². The molecule has 0 saturated carbocycles. The van der Waals surface area contributed by atoms with E-state index in [1.807, 2.05) is 26.0 Å². The molecule has 1 aliphatic rings. The fourth-order valence-electron chi connectivity index (χ4n) is 1.83. The van der Waals surface area contributed by atoms with Gasteiger partial charge in [0, 0.05) is 17.9 Å². The second kappa shape index (κ2) is 6.15. The third-order valence-electron chi connectivity index (χ3n) is 2.79. The Kier molecular flexibility index (Phi) is 4.84. The molecular weight excluding hydrogens is 228 g/mol. The maximum atomic E-state index is 11.5. The number of hydrogen-bond donors (Lipinski definition) is 0. The van der Waals surface area contributed by atoms with Crippen molar-refractivity contribution < 1.29 is 14.3 Å². The van der Waals surface area contributed by atoms with Gasteiger partial charge in [0.25, 0.3) is 0 Å². The Bertz CT molecular complexity index is 441. The fraction of sp³-hybridized carbons (Fsp3) is 0.333. The highest BCUT2D eigenvalue weighted by Gasteiger charge is 2.36. The quantitative estimate of drug-likeness (QED) is 0.324. The maximum absolute atomic E-state index is 11.5. The largest absolute Gasteiger partial charge is 0.458 e. The molecule has 1 aliphatic heterocycles. The van der Waals surface area contributed by atoms with Gasteiger partial charge >= 0.3 is 5.97 Å². The molecule has 1 fully saturated rings. The molecule has 0 N–H and O–H groups in total. The first-order valence-electron chi connectivity index (χ1n) is 5.80. The summed E-state index contributed by atoms with van der Waals surface area (Å²) in [5, 5.41) is 0. The highest BCUT2D eigenvalue weighted by molar-refractivity contribution is 5.91. The Labute approximate surface area is 108 Å². The lowest BCUT2D eigenvalue weighted by molar-refractivity contribution is -0.138. The number of cyclic esters (lactones) is 1. The van der Waals surface area contributed by atoms with E-state index in [4.69, 9.17) is 4.74 Å². The van der Waals surface area contributed by atoms with Crippen molar-refractivity contribution in [1.82, 2.24) is 0 Å². The van der Waals surface area contributed by atoms with Crippen molar-refractivity contribution >= 4 is 12.3 Å². The number of carbonyl (C=O) groups excluding carboxylic acids is 2. The van der Waals surface area contributed by atoms with Crippen molar-refractivity contribution in [2.24, 2.45) is 5.92 Å². The van der Waals surface area contributed by atoms with E-state index in [2.05, 4.69) is 13.2 Å². The first-order valence-corrected chi connectivity index (χ1v) is 5.80. The van der Waals surface area contributed by atoms with Crippen molar-refractivity contribution in [3.05, 3.63) is 48.1 Å². The topological polar surface area (TPSA) is 43.4 Å². The molecule has 0 aliphatic carbocycles. The normalized spacial score (nSPS) is 24.4. The van der Waals surface area contributed by atoms with E-state index >= 15 is 0 Å². The Morgan fingerprint density at radius 2 is 2.11 bits per heavy atom. The molecule has 1 rings (SSSR count). The minimum atomic E-state index is -0.365. The van der Waals surface area contributed by atoms with Crippen LogP contribution in [0.2, 0.25) is 0 Å². The van der Waals surface area contributed by atoms with Crippen LogP contribution in [0.15, 0.2) is 48.1 Å². The molecule has 3 heteroatoms. The lowest BCUT2D eigenvalue weighted by Gasteiger charge is -2.14. The molecule has 1 heterocycles. The summed E-state index contributed by atoms with van der Waals surface area (Å²) in [5.74, 6) is -0.514. The Balaban J connectivity index is 2.85. The summed E-state index contributed by atoms with van der Waals surface area (Å²) in [4.78, 5) is 21.9. The number of allylic oxidation sites excluding steroid dienone is 3. The monoisotopic (exact) mass is 246 g/mol. The van der Waals surface area contributed by atoms with Crippen LogP contribution < -0.4 is 0 Å². The molecule has 3 nitrogen and oxygen atoms in total. The predicted octanol–water partition coefficient (Wildman–Crippen LogP) is 2.75. The maximum Gasteiger partial charge on any atom is 0.334 e. The minimum Gasteiger partial charge on any atom is -0.458 e. The van der Waals surface area contributed by atoms with Gasteiger partial charge in [-0.3, -0.25) is 4.79 Å². The standard InChI is InChI=1S/C15H18O3/c1-10(2)5-6-13-12(4)15(17)18-14(13)9-11(3)7-8-16/h5-8,13-14H,1,4,9H2,2-3H3/b6-5+,11-7+/t13-,14+/m1/s1. The SMILES string of the molecule is C=C(C)/C=C/[C@@H]1C(=C)C(=O)O[C@H]1C/C(C)=C/C=O. The van der Waals surface area contributed by atoms with Crippen LogP contribution in [-0.4, -0.2) is 18.4 Å². The van der Waals surface area contributed by atoms with E-state index < -0.39 is 0 Å². The fourth-order valence-corrected chi connectivity index (χ4v) is 1.83. The summed E-state index contributed by atoms with van der Waals surface area (Å²) in [6.45, 7) is 11.2. The number of esters is 1. The van der Waals surface area contributed by atoms with Gasteiger partial charge in [-0.25, -0.2) is 4.79 Å². The van der Waals surface area contributed by atoms with E-state index in [1.165, 1.54) is 6.08 Å². The van der Waals surface area contributed by atoms with Crippen LogP contribution in [0.4, 0.5) is 0 Å². The highest BCUT2D eigenvalue weighted by Crippen LogP contribution is 2.31. The van der Waals surface area contributed by atoms with E-state index in [0.29, 0.717) is 12.0 Å². The zero-order valence-corrected chi connectivity index (χ0v) is 10.8. The van der Waals surface area contributed by atoms with Crippen LogP contribution >= 0.6 is 0 Å². The van der Waals surface area contributed by atoms with E-state index in [1.54, 1.807) is 0 Å². The second-order valence-corrected chi connectivity index (χ2v) is 4.55. The highest BCUT2D eigenvalue weighted by atomic mass is 16.6. The third kappa shape index (κ3) is 3.55. The Hall–Kier alpha value is -1.90. The van der Waals surface area contributed by atoms with Crippen LogP contribution in [0.5, 0.6) is 0 Å². The minimum absolute atomic E-state index is 0.149. The first-order chi connectivity index (χ1) is 8.45. The molecule has 0 bridgehead atoms. The molecule has 0 amide bonds. The second-order valence-electron chi connectivity index (χ2n) is 4.55. The van der Waals surface area contributed by atoms with Gasteiger partial charge in [0.1, 0.15) is 12.4 Å². The third-order valence-corrected chi connectivity index (χ3v) is 2.79. The molecule has 0 aromatic heterocycles. The summed E-state index contributed by atoms with van der Waals surface area (Å²) in [5.41, 5.74) is 2.24. The molecule has 18 heavy (non-hydrogen) atoms. The van der Waals surface area contributed by atoms with Gasteiger partial charge in [-0.2, -0.15) is 0 Å². The molecule has 0 unspecified atom stereocenters. The lowest BCUT2D eigenvalue weighted by Crippen LogP contribution is -2.15. The number of carbonyl (C=O) groups is 2. The van der Waals surface area contributed by atoms with Crippen LogP contribution in [0.3, 0.4) is 0 Å². The van der Waals surface area contributed by atoms with Crippen LogP contribution in [0, 0.1) is 5.92 Å². The van der Waals surface area contributed by atoms with Crippen molar-refractivity contribution in [2.45, 2.75) is 26.4 Å².